The number of hydroxylamine groups is 1. The Morgan fingerprint density at radius 2 is 1.62 bits per heavy atom. The van der Waals surface area contributed by atoms with E-state index in [-0.39, 0.29) is 5.91 Å². The van der Waals surface area contributed by atoms with E-state index < -0.39 is 0 Å². The van der Waals surface area contributed by atoms with Gasteiger partial charge >= 0.3 is 0 Å². The summed E-state index contributed by atoms with van der Waals surface area (Å²) in [5.74, 6) is -0.296. The minimum absolute atomic E-state index is 0.296. The lowest BCUT2D eigenvalue weighted by molar-refractivity contribution is 0.0232. The molecule has 0 atom stereocenters. The van der Waals surface area contributed by atoms with Crippen LogP contribution in [0.2, 0.25) is 0 Å². The number of benzene rings is 2. The van der Waals surface area contributed by atoms with Crippen LogP contribution in [0.3, 0.4) is 0 Å². The number of amides is 1. The first-order valence-electron chi connectivity index (χ1n) is 7.73. The predicted octanol–water partition coefficient (Wildman–Crippen LogP) is 3.92. The van der Waals surface area contributed by atoms with Gasteiger partial charge < -0.3 is 0 Å². The summed E-state index contributed by atoms with van der Waals surface area (Å²) in [6.07, 6.45) is 0. The number of aryl methyl sites for hydroxylation is 1. The van der Waals surface area contributed by atoms with Crippen molar-refractivity contribution in [3.05, 3.63) is 89.6 Å². The monoisotopic (exact) mass is 318 g/mol. The molecule has 24 heavy (non-hydrogen) atoms. The molecule has 1 N–H and O–H groups in total. The predicted molar refractivity (Wildman–Crippen MR) is 93.1 cm³/mol. The largest absolute Gasteiger partial charge is 0.276 e. The Balaban J connectivity index is 1.65. The highest BCUT2D eigenvalue weighted by molar-refractivity contribution is 5.94. The van der Waals surface area contributed by atoms with Crippen molar-refractivity contribution in [3.8, 4) is 11.3 Å². The molecule has 0 unspecified atom stereocenters. The van der Waals surface area contributed by atoms with Gasteiger partial charge in [0.05, 0.1) is 23.6 Å². The number of carbonyl (C=O) groups excluding carboxylic acids is 1. The highest BCUT2D eigenvalue weighted by Gasteiger charge is 2.11. The number of pyridine rings is 1. The molecule has 0 saturated carbocycles. The second-order valence-electron chi connectivity index (χ2n) is 5.40. The van der Waals surface area contributed by atoms with Gasteiger partial charge in [-0.3, -0.25) is 14.6 Å². The molecule has 0 radical (unpaired) electrons. The van der Waals surface area contributed by atoms with Crippen molar-refractivity contribution >= 4 is 5.91 Å². The summed E-state index contributed by atoms with van der Waals surface area (Å²) in [4.78, 5) is 22.0. The van der Waals surface area contributed by atoms with Crippen LogP contribution < -0.4 is 5.48 Å². The Kier molecular flexibility index (Phi) is 4.99. The summed E-state index contributed by atoms with van der Waals surface area (Å²) in [6.45, 7) is 2.14. The van der Waals surface area contributed by atoms with Crippen molar-refractivity contribution in [3.63, 3.8) is 0 Å². The topological polar surface area (TPSA) is 51.2 Å². The van der Waals surface area contributed by atoms with E-state index in [4.69, 9.17) is 4.84 Å². The first-order chi connectivity index (χ1) is 11.7. The fourth-order valence-corrected chi connectivity index (χ4v) is 2.38. The van der Waals surface area contributed by atoms with Crippen LogP contribution in [0, 0.1) is 6.92 Å². The standard InChI is InChI=1S/C20H18N2O2/c1-15-18(12-13-19(21-15)17-10-6-3-7-11-17)20(23)22-24-14-16-8-4-2-5-9-16/h2-13H,14H2,1H3,(H,22,23). The Labute approximate surface area is 141 Å². The van der Waals surface area contributed by atoms with Crippen LogP contribution in [0.1, 0.15) is 21.6 Å². The molecule has 0 spiro atoms. The molecule has 0 bridgehead atoms. The minimum Gasteiger partial charge on any atom is -0.269 e. The molecule has 0 aliphatic rings. The average molecular weight is 318 g/mol. The van der Waals surface area contributed by atoms with Gasteiger partial charge in [0, 0.05) is 5.56 Å². The molecule has 4 nitrogen and oxygen atoms in total. The van der Waals surface area contributed by atoms with Gasteiger partial charge in [-0.25, -0.2) is 5.48 Å². The van der Waals surface area contributed by atoms with E-state index in [1.54, 1.807) is 6.07 Å². The van der Waals surface area contributed by atoms with E-state index in [9.17, 15) is 4.79 Å². The summed E-state index contributed by atoms with van der Waals surface area (Å²) in [6, 6.07) is 23.1. The summed E-state index contributed by atoms with van der Waals surface area (Å²) in [5.41, 5.74) is 6.49. The molecule has 3 aromatic rings. The normalized spacial score (nSPS) is 10.4. The molecule has 0 saturated heterocycles. The maximum Gasteiger partial charge on any atom is 0.276 e. The molecule has 120 valence electrons. The number of aromatic nitrogens is 1. The van der Waals surface area contributed by atoms with E-state index in [1.807, 2.05) is 73.7 Å². The number of nitrogens with zero attached hydrogens (tertiary/aromatic N) is 1. The van der Waals surface area contributed by atoms with Crippen LogP contribution in [0.25, 0.3) is 11.3 Å². The first kappa shape index (κ1) is 15.9. The number of carbonyl (C=O) groups is 1. The van der Waals surface area contributed by atoms with E-state index in [0.717, 1.165) is 16.8 Å². The quantitative estimate of drug-likeness (QED) is 0.725. The third-order valence-electron chi connectivity index (χ3n) is 3.65. The molecular formula is C20H18N2O2. The van der Waals surface area contributed by atoms with Crippen molar-refractivity contribution in [2.45, 2.75) is 13.5 Å². The Bertz CT molecular complexity index is 818. The Morgan fingerprint density at radius 1 is 0.958 bits per heavy atom. The second kappa shape index (κ2) is 7.53. The number of nitrogens with one attached hydrogen (secondary N) is 1. The summed E-state index contributed by atoms with van der Waals surface area (Å²) >= 11 is 0. The van der Waals surface area contributed by atoms with Crippen molar-refractivity contribution in [1.29, 1.82) is 0 Å². The lowest BCUT2D eigenvalue weighted by Gasteiger charge is -2.09. The average Bonchev–Trinajstić information content (AvgIpc) is 2.63. The van der Waals surface area contributed by atoms with Gasteiger partial charge in [-0.1, -0.05) is 60.7 Å². The van der Waals surface area contributed by atoms with Gasteiger partial charge in [0.15, 0.2) is 0 Å². The van der Waals surface area contributed by atoms with Gasteiger partial charge in [-0.2, -0.15) is 0 Å². The third-order valence-corrected chi connectivity index (χ3v) is 3.65. The van der Waals surface area contributed by atoms with Crippen molar-refractivity contribution in [2.24, 2.45) is 0 Å². The lowest BCUT2D eigenvalue weighted by Crippen LogP contribution is -2.24. The van der Waals surface area contributed by atoms with Crippen LogP contribution in [0.5, 0.6) is 0 Å². The maximum absolute atomic E-state index is 12.2. The van der Waals surface area contributed by atoms with Crippen LogP contribution >= 0.6 is 0 Å². The van der Waals surface area contributed by atoms with Crippen LogP contribution in [0.15, 0.2) is 72.8 Å². The molecule has 1 heterocycles. The Morgan fingerprint density at radius 3 is 2.29 bits per heavy atom. The van der Waals surface area contributed by atoms with Gasteiger partial charge in [0.1, 0.15) is 0 Å². The van der Waals surface area contributed by atoms with Crippen molar-refractivity contribution in [2.75, 3.05) is 0 Å². The first-order valence-corrected chi connectivity index (χ1v) is 7.73. The summed E-state index contributed by atoms with van der Waals surface area (Å²) in [7, 11) is 0. The molecule has 1 amide bonds. The minimum atomic E-state index is -0.296. The van der Waals surface area contributed by atoms with Crippen LogP contribution in [0.4, 0.5) is 0 Å². The van der Waals surface area contributed by atoms with Crippen LogP contribution in [-0.2, 0) is 11.4 Å². The highest BCUT2D eigenvalue weighted by Crippen LogP contribution is 2.18. The fourth-order valence-electron chi connectivity index (χ4n) is 2.38. The highest BCUT2D eigenvalue weighted by atomic mass is 16.6. The maximum atomic E-state index is 12.2. The second-order valence-corrected chi connectivity index (χ2v) is 5.40. The van der Waals surface area contributed by atoms with Gasteiger partial charge in [-0.05, 0) is 24.6 Å². The van der Waals surface area contributed by atoms with E-state index >= 15 is 0 Å². The molecule has 0 aliphatic heterocycles. The molecule has 3 rings (SSSR count). The zero-order valence-corrected chi connectivity index (χ0v) is 13.4. The molecular weight excluding hydrogens is 300 g/mol. The van der Waals surface area contributed by atoms with Gasteiger partial charge in [0.25, 0.3) is 5.91 Å². The van der Waals surface area contributed by atoms with Gasteiger partial charge in [-0.15, -0.1) is 0 Å². The van der Waals surface area contributed by atoms with Crippen molar-refractivity contribution in [1.82, 2.24) is 10.5 Å². The van der Waals surface area contributed by atoms with E-state index in [1.165, 1.54) is 0 Å². The lowest BCUT2D eigenvalue weighted by atomic mass is 10.1. The smallest absolute Gasteiger partial charge is 0.269 e. The molecule has 2 aromatic carbocycles. The van der Waals surface area contributed by atoms with E-state index in [2.05, 4.69) is 10.5 Å². The molecule has 0 aliphatic carbocycles. The zero-order valence-electron chi connectivity index (χ0n) is 13.4. The molecule has 4 heteroatoms. The summed E-state index contributed by atoms with van der Waals surface area (Å²) in [5, 5.41) is 0. The fraction of sp³-hybridized carbons (Fsp3) is 0.100. The zero-order chi connectivity index (χ0) is 16.8. The van der Waals surface area contributed by atoms with Crippen LogP contribution in [-0.4, -0.2) is 10.9 Å². The van der Waals surface area contributed by atoms with Gasteiger partial charge in [0.2, 0.25) is 0 Å². The molecule has 0 fully saturated rings. The number of hydrogen-bond donors (Lipinski definition) is 1. The number of rotatable bonds is 5. The molecule has 1 aromatic heterocycles. The van der Waals surface area contributed by atoms with E-state index in [0.29, 0.717) is 17.9 Å². The van der Waals surface area contributed by atoms with Crippen molar-refractivity contribution < 1.29 is 9.63 Å². The third kappa shape index (κ3) is 3.86. The SMILES string of the molecule is Cc1nc(-c2ccccc2)ccc1C(=O)NOCc1ccccc1. The summed E-state index contributed by atoms with van der Waals surface area (Å²) < 4.78 is 0. The Hall–Kier alpha value is -2.98. The number of hydrogen-bond acceptors (Lipinski definition) is 3.